The van der Waals surface area contributed by atoms with Crippen LogP contribution in [0, 0.1) is 0 Å². The van der Waals surface area contributed by atoms with Crippen molar-refractivity contribution in [2.75, 3.05) is 35.2 Å². The summed E-state index contributed by atoms with van der Waals surface area (Å²) >= 11 is 0. The van der Waals surface area contributed by atoms with E-state index in [-0.39, 0.29) is 0 Å². The Hall–Kier alpha value is -1.59. The molecular formula is C14H26N6. The molecule has 1 aliphatic rings. The lowest BCUT2D eigenvalue weighted by Gasteiger charge is -2.18. The van der Waals surface area contributed by atoms with Crippen molar-refractivity contribution in [3.63, 3.8) is 0 Å². The second kappa shape index (κ2) is 7.26. The van der Waals surface area contributed by atoms with E-state index in [0.717, 1.165) is 38.4 Å². The SMILES string of the molecule is CCCNc1nc(NC(C)CC)nc(N2CCCC2)n1. The maximum atomic E-state index is 4.56. The lowest BCUT2D eigenvalue weighted by molar-refractivity contribution is 0.748. The predicted molar refractivity (Wildman–Crippen MR) is 83.4 cm³/mol. The normalized spacial score (nSPS) is 16.2. The molecule has 1 aromatic rings. The highest BCUT2D eigenvalue weighted by molar-refractivity contribution is 5.44. The van der Waals surface area contributed by atoms with Crippen molar-refractivity contribution in [3.8, 4) is 0 Å². The van der Waals surface area contributed by atoms with E-state index in [1.165, 1.54) is 12.8 Å². The van der Waals surface area contributed by atoms with Crippen LogP contribution in [0.4, 0.5) is 17.8 Å². The molecule has 1 fully saturated rings. The van der Waals surface area contributed by atoms with Gasteiger partial charge in [0.2, 0.25) is 17.8 Å². The fraction of sp³-hybridized carbons (Fsp3) is 0.786. The monoisotopic (exact) mass is 278 g/mol. The number of rotatable bonds is 7. The second-order valence-corrected chi connectivity index (χ2v) is 5.36. The third-order valence-corrected chi connectivity index (χ3v) is 3.53. The maximum absolute atomic E-state index is 4.56. The molecule has 6 heteroatoms. The topological polar surface area (TPSA) is 66.0 Å². The van der Waals surface area contributed by atoms with Gasteiger partial charge in [0.25, 0.3) is 0 Å². The smallest absolute Gasteiger partial charge is 0.231 e. The summed E-state index contributed by atoms with van der Waals surface area (Å²) in [7, 11) is 0. The fourth-order valence-electron chi connectivity index (χ4n) is 2.13. The Morgan fingerprint density at radius 1 is 1.10 bits per heavy atom. The van der Waals surface area contributed by atoms with Crippen molar-refractivity contribution in [2.45, 2.75) is 52.5 Å². The summed E-state index contributed by atoms with van der Waals surface area (Å²) in [6, 6.07) is 0.364. The van der Waals surface area contributed by atoms with E-state index < -0.39 is 0 Å². The van der Waals surface area contributed by atoms with Gasteiger partial charge in [-0.1, -0.05) is 13.8 Å². The first kappa shape index (κ1) is 14.8. The zero-order chi connectivity index (χ0) is 14.4. The third-order valence-electron chi connectivity index (χ3n) is 3.53. The summed E-state index contributed by atoms with van der Waals surface area (Å²) in [5, 5.41) is 6.60. The summed E-state index contributed by atoms with van der Waals surface area (Å²) in [6.45, 7) is 9.38. The minimum absolute atomic E-state index is 0.364. The Morgan fingerprint density at radius 3 is 2.45 bits per heavy atom. The van der Waals surface area contributed by atoms with Crippen LogP contribution in [0.15, 0.2) is 0 Å². The lowest BCUT2D eigenvalue weighted by Crippen LogP contribution is -2.24. The van der Waals surface area contributed by atoms with Gasteiger partial charge in [0.1, 0.15) is 0 Å². The van der Waals surface area contributed by atoms with Crippen LogP contribution in [0.1, 0.15) is 46.5 Å². The highest BCUT2D eigenvalue weighted by atomic mass is 15.3. The van der Waals surface area contributed by atoms with Gasteiger partial charge in [-0.15, -0.1) is 0 Å². The molecule has 1 unspecified atom stereocenters. The standard InChI is InChI=1S/C14H26N6/c1-4-8-15-12-17-13(16-11(3)5-2)19-14(18-12)20-9-6-7-10-20/h11H,4-10H2,1-3H3,(H2,15,16,17,18,19). The molecule has 0 amide bonds. The van der Waals surface area contributed by atoms with Crippen molar-refractivity contribution in [1.82, 2.24) is 15.0 Å². The van der Waals surface area contributed by atoms with Crippen LogP contribution >= 0.6 is 0 Å². The van der Waals surface area contributed by atoms with Gasteiger partial charge in [-0.05, 0) is 32.6 Å². The summed E-state index contributed by atoms with van der Waals surface area (Å²) in [4.78, 5) is 15.8. The number of nitrogens with one attached hydrogen (secondary N) is 2. The Bertz CT molecular complexity index is 416. The van der Waals surface area contributed by atoms with E-state index in [2.05, 4.69) is 51.3 Å². The van der Waals surface area contributed by atoms with Gasteiger partial charge in [-0.2, -0.15) is 15.0 Å². The van der Waals surface area contributed by atoms with E-state index in [4.69, 9.17) is 0 Å². The van der Waals surface area contributed by atoms with E-state index in [1.54, 1.807) is 0 Å². The molecule has 0 bridgehead atoms. The van der Waals surface area contributed by atoms with Gasteiger partial charge in [0.15, 0.2) is 0 Å². The Kier molecular flexibility index (Phi) is 5.38. The van der Waals surface area contributed by atoms with E-state index in [0.29, 0.717) is 17.9 Å². The summed E-state index contributed by atoms with van der Waals surface area (Å²) in [5.74, 6) is 2.14. The summed E-state index contributed by atoms with van der Waals surface area (Å²) < 4.78 is 0. The molecule has 2 heterocycles. The largest absolute Gasteiger partial charge is 0.354 e. The quantitative estimate of drug-likeness (QED) is 0.799. The molecule has 1 saturated heterocycles. The van der Waals surface area contributed by atoms with Crippen LogP contribution in [-0.2, 0) is 0 Å². The Balaban J connectivity index is 2.18. The second-order valence-electron chi connectivity index (χ2n) is 5.36. The average molecular weight is 278 g/mol. The number of hydrogen-bond acceptors (Lipinski definition) is 6. The molecule has 1 aliphatic heterocycles. The molecule has 0 saturated carbocycles. The number of nitrogens with zero attached hydrogens (tertiary/aromatic N) is 4. The first-order chi connectivity index (χ1) is 9.72. The van der Waals surface area contributed by atoms with Crippen molar-refractivity contribution < 1.29 is 0 Å². The van der Waals surface area contributed by atoms with Crippen molar-refractivity contribution >= 4 is 17.8 Å². The minimum atomic E-state index is 0.364. The molecule has 0 aromatic carbocycles. The minimum Gasteiger partial charge on any atom is -0.354 e. The van der Waals surface area contributed by atoms with E-state index in [9.17, 15) is 0 Å². The molecule has 2 N–H and O–H groups in total. The molecule has 20 heavy (non-hydrogen) atoms. The van der Waals surface area contributed by atoms with Crippen molar-refractivity contribution in [3.05, 3.63) is 0 Å². The predicted octanol–water partition coefficient (Wildman–Crippen LogP) is 2.50. The van der Waals surface area contributed by atoms with Crippen LogP contribution in [0.5, 0.6) is 0 Å². The first-order valence-corrected chi connectivity index (χ1v) is 7.74. The van der Waals surface area contributed by atoms with Crippen LogP contribution in [0.3, 0.4) is 0 Å². The number of aromatic nitrogens is 3. The Morgan fingerprint density at radius 2 is 1.80 bits per heavy atom. The first-order valence-electron chi connectivity index (χ1n) is 7.74. The van der Waals surface area contributed by atoms with Gasteiger partial charge < -0.3 is 15.5 Å². The van der Waals surface area contributed by atoms with Crippen LogP contribution in [0.2, 0.25) is 0 Å². The maximum Gasteiger partial charge on any atom is 0.231 e. The molecule has 2 rings (SSSR count). The van der Waals surface area contributed by atoms with Crippen molar-refractivity contribution in [1.29, 1.82) is 0 Å². The zero-order valence-corrected chi connectivity index (χ0v) is 12.8. The molecule has 1 atom stereocenters. The molecule has 0 aliphatic carbocycles. The van der Waals surface area contributed by atoms with Crippen molar-refractivity contribution in [2.24, 2.45) is 0 Å². The molecule has 112 valence electrons. The van der Waals surface area contributed by atoms with Gasteiger partial charge >= 0.3 is 0 Å². The lowest BCUT2D eigenvalue weighted by atomic mass is 10.3. The number of hydrogen-bond donors (Lipinski definition) is 2. The average Bonchev–Trinajstić information content (AvgIpc) is 2.99. The van der Waals surface area contributed by atoms with Gasteiger partial charge in [-0.25, -0.2) is 0 Å². The molecule has 0 spiro atoms. The Labute approximate surface area is 121 Å². The molecule has 0 radical (unpaired) electrons. The third kappa shape index (κ3) is 3.95. The summed E-state index contributed by atoms with van der Waals surface area (Å²) in [5.41, 5.74) is 0. The van der Waals surface area contributed by atoms with E-state index >= 15 is 0 Å². The van der Waals surface area contributed by atoms with Gasteiger partial charge in [0, 0.05) is 25.7 Å². The zero-order valence-electron chi connectivity index (χ0n) is 12.8. The van der Waals surface area contributed by atoms with Gasteiger partial charge in [-0.3, -0.25) is 0 Å². The molecular weight excluding hydrogens is 252 g/mol. The van der Waals surface area contributed by atoms with Crippen LogP contribution < -0.4 is 15.5 Å². The highest BCUT2D eigenvalue weighted by Crippen LogP contribution is 2.19. The van der Waals surface area contributed by atoms with Crippen LogP contribution in [0.25, 0.3) is 0 Å². The number of anilines is 3. The van der Waals surface area contributed by atoms with Crippen LogP contribution in [-0.4, -0.2) is 40.6 Å². The van der Waals surface area contributed by atoms with E-state index in [1.807, 2.05) is 0 Å². The van der Waals surface area contributed by atoms with Gasteiger partial charge in [0.05, 0.1) is 0 Å². The highest BCUT2D eigenvalue weighted by Gasteiger charge is 2.17. The summed E-state index contributed by atoms with van der Waals surface area (Å²) in [6.07, 6.45) is 4.54. The molecule has 6 nitrogen and oxygen atoms in total. The fourth-order valence-corrected chi connectivity index (χ4v) is 2.13. The molecule has 1 aromatic heterocycles.